The van der Waals surface area contributed by atoms with E-state index in [1.807, 2.05) is 12.1 Å². The number of benzene rings is 2. The summed E-state index contributed by atoms with van der Waals surface area (Å²) in [5, 5.41) is 4.17. The zero-order valence-corrected chi connectivity index (χ0v) is 16.7. The normalized spacial score (nSPS) is 15.9. The summed E-state index contributed by atoms with van der Waals surface area (Å²) in [4.78, 5) is 26.1. The number of methoxy groups -OCH3 is 1. The van der Waals surface area contributed by atoms with Crippen LogP contribution in [0.25, 0.3) is 32.2 Å². The molecule has 2 aromatic carbocycles. The Kier molecular flexibility index (Phi) is 3.54. The van der Waals surface area contributed by atoms with Gasteiger partial charge in [0, 0.05) is 24.7 Å². The molecule has 2 aliphatic rings. The maximum atomic E-state index is 13.1. The monoisotopic (exact) mass is 405 g/mol. The SMILES string of the molecule is COc1c(-c2ccc3c(c2)CNC3)ccc2c(=O)c3c(=O)[nH]sc3n(C3CC3)c12. The number of hydrogen-bond acceptors (Lipinski definition) is 5. The molecule has 7 heteroatoms. The molecule has 0 amide bonds. The van der Waals surface area contributed by atoms with Crippen LogP contribution in [0.15, 0.2) is 39.9 Å². The molecule has 0 spiro atoms. The maximum absolute atomic E-state index is 13.1. The second-order valence-electron chi connectivity index (χ2n) is 7.77. The van der Waals surface area contributed by atoms with Crippen LogP contribution < -0.4 is 21.0 Å². The van der Waals surface area contributed by atoms with E-state index in [1.165, 1.54) is 22.7 Å². The molecule has 0 unspecified atom stereocenters. The van der Waals surface area contributed by atoms with Gasteiger partial charge < -0.3 is 14.6 Å². The van der Waals surface area contributed by atoms with Gasteiger partial charge in [0.1, 0.15) is 10.2 Å². The van der Waals surface area contributed by atoms with Gasteiger partial charge in [0.15, 0.2) is 5.75 Å². The van der Waals surface area contributed by atoms with E-state index in [4.69, 9.17) is 4.74 Å². The summed E-state index contributed by atoms with van der Waals surface area (Å²) < 4.78 is 10.8. The third-order valence-electron chi connectivity index (χ3n) is 6.01. The minimum Gasteiger partial charge on any atom is -0.494 e. The number of aromatic amines is 1. The first-order chi connectivity index (χ1) is 14.2. The molecule has 1 aliphatic heterocycles. The van der Waals surface area contributed by atoms with Crippen molar-refractivity contribution in [3.05, 3.63) is 62.0 Å². The van der Waals surface area contributed by atoms with Crippen LogP contribution in [-0.2, 0) is 13.1 Å². The molecule has 1 saturated carbocycles. The van der Waals surface area contributed by atoms with Crippen molar-refractivity contribution in [2.24, 2.45) is 0 Å². The highest BCUT2D eigenvalue weighted by Crippen LogP contribution is 2.44. The van der Waals surface area contributed by atoms with E-state index in [-0.39, 0.29) is 16.4 Å². The van der Waals surface area contributed by atoms with E-state index in [9.17, 15) is 9.59 Å². The summed E-state index contributed by atoms with van der Waals surface area (Å²) in [5.41, 5.74) is 4.91. The fourth-order valence-corrected chi connectivity index (χ4v) is 5.39. The Morgan fingerprint density at radius 2 is 1.93 bits per heavy atom. The first kappa shape index (κ1) is 17.0. The molecule has 2 N–H and O–H groups in total. The quantitative estimate of drug-likeness (QED) is 0.547. The highest BCUT2D eigenvalue weighted by molar-refractivity contribution is 7.12. The lowest BCUT2D eigenvalue weighted by Gasteiger charge is -2.18. The van der Waals surface area contributed by atoms with Crippen LogP contribution in [0.1, 0.15) is 30.0 Å². The molecular formula is C22H19N3O3S. The number of hydrogen-bond donors (Lipinski definition) is 2. The van der Waals surface area contributed by atoms with Gasteiger partial charge in [-0.3, -0.25) is 14.0 Å². The highest BCUT2D eigenvalue weighted by atomic mass is 32.1. The predicted molar refractivity (Wildman–Crippen MR) is 115 cm³/mol. The van der Waals surface area contributed by atoms with E-state index >= 15 is 0 Å². The number of nitrogens with one attached hydrogen (secondary N) is 2. The van der Waals surface area contributed by atoms with Crippen molar-refractivity contribution in [1.29, 1.82) is 0 Å². The molecule has 6 nitrogen and oxygen atoms in total. The number of pyridine rings is 1. The van der Waals surface area contributed by atoms with Crippen LogP contribution in [0, 0.1) is 0 Å². The van der Waals surface area contributed by atoms with Crippen LogP contribution in [0.3, 0.4) is 0 Å². The van der Waals surface area contributed by atoms with Crippen LogP contribution in [-0.4, -0.2) is 16.1 Å². The smallest absolute Gasteiger partial charge is 0.271 e. The second kappa shape index (κ2) is 6.05. The van der Waals surface area contributed by atoms with Gasteiger partial charge in [-0.1, -0.05) is 12.1 Å². The van der Waals surface area contributed by atoms with E-state index in [1.54, 1.807) is 7.11 Å². The number of nitrogens with zero attached hydrogens (tertiary/aromatic N) is 1. The standard InChI is InChI=1S/C22H19N3O3S/c1-28-20-15(11-2-3-12-9-23-10-13(12)8-11)6-7-16-18(20)25(14-4-5-14)22-17(19(16)26)21(27)24-29-22/h2-3,6-8,14,23H,4-5,9-10H2,1H3,(H,24,27). The Bertz CT molecular complexity index is 1430. The molecule has 3 heterocycles. The summed E-state index contributed by atoms with van der Waals surface area (Å²) >= 11 is 1.24. The average Bonchev–Trinajstić information content (AvgIpc) is 3.33. The van der Waals surface area contributed by atoms with E-state index in [0.717, 1.165) is 42.6 Å². The molecule has 6 rings (SSSR count). The van der Waals surface area contributed by atoms with Crippen molar-refractivity contribution in [1.82, 2.24) is 14.3 Å². The molecule has 2 aromatic heterocycles. The Hall–Kier alpha value is -2.90. The van der Waals surface area contributed by atoms with Gasteiger partial charge in [0.25, 0.3) is 5.56 Å². The first-order valence-electron chi connectivity index (χ1n) is 9.76. The number of ether oxygens (including phenoxy) is 1. The van der Waals surface area contributed by atoms with Gasteiger partial charge in [0.2, 0.25) is 5.43 Å². The van der Waals surface area contributed by atoms with Crippen molar-refractivity contribution in [3.63, 3.8) is 0 Å². The molecule has 0 bridgehead atoms. The molecular weight excluding hydrogens is 386 g/mol. The number of fused-ring (bicyclic) bond motifs is 3. The summed E-state index contributed by atoms with van der Waals surface area (Å²) in [6.45, 7) is 1.76. The highest BCUT2D eigenvalue weighted by Gasteiger charge is 2.30. The molecule has 146 valence electrons. The minimum atomic E-state index is -0.305. The average molecular weight is 405 g/mol. The molecule has 0 radical (unpaired) electrons. The van der Waals surface area contributed by atoms with Crippen LogP contribution >= 0.6 is 11.5 Å². The third kappa shape index (κ3) is 2.37. The Labute approximate surface area is 169 Å². The zero-order chi connectivity index (χ0) is 19.7. The van der Waals surface area contributed by atoms with Crippen LogP contribution in [0.4, 0.5) is 0 Å². The van der Waals surface area contributed by atoms with Crippen molar-refractivity contribution in [3.8, 4) is 16.9 Å². The number of aromatic nitrogens is 2. The van der Waals surface area contributed by atoms with Gasteiger partial charge in [-0.05, 0) is 59.3 Å². The third-order valence-corrected chi connectivity index (χ3v) is 6.89. The van der Waals surface area contributed by atoms with E-state index in [0.29, 0.717) is 22.0 Å². The van der Waals surface area contributed by atoms with Gasteiger partial charge >= 0.3 is 0 Å². The van der Waals surface area contributed by atoms with E-state index in [2.05, 4.69) is 32.5 Å². The van der Waals surface area contributed by atoms with Crippen molar-refractivity contribution < 1.29 is 4.74 Å². The van der Waals surface area contributed by atoms with Crippen LogP contribution in [0.2, 0.25) is 0 Å². The molecule has 0 saturated heterocycles. The molecule has 1 fully saturated rings. The van der Waals surface area contributed by atoms with Crippen molar-refractivity contribution in [2.45, 2.75) is 32.0 Å². The largest absolute Gasteiger partial charge is 0.494 e. The molecule has 29 heavy (non-hydrogen) atoms. The minimum absolute atomic E-state index is 0.225. The number of rotatable bonds is 3. The maximum Gasteiger partial charge on any atom is 0.271 e. The van der Waals surface area contributed by atoms with Crippen molar-refractivity contribution >= 4 is 32.7 Å². The lowest BCUT2D eigenvalue weighted by molar-refractivity contribution is 0.419. The number of H-pyrrole nitrogens is 1. The van der Waals surface area contributed by atoms with Crippen LogP contribution in [0.5, 0.6) is 5.75 Å². The topological polar surface area (TPSA) is 76.1 Å². The summed E-state index contributed by atoms with van der Waals surface area (Å²) in [7, 11) is 1.65. The fraction of sp³-hybridized carbons (Fsp3) is 0.273. The Balaban J connectivity index is 1.73. The summed E-state index contributed by atoms with van der Waals surface area (Å²) in [5.74, 6) is 0.695. The van der Waals surface area contributed by atoms with Crippen molar-refractivity contribution in [2.75, 3.05) is 7.11 Å². The van der Waals surface area contributed by atoms with Gasteiger partial charge in [0.05, 0.1) is 18.0 Å². The van der Waals surface area contributed by atoms with Gasteiger partial charge in [-0.25, -0.2) is 0 Å². The molecule has 1 aliphatic carbocycles. The summed E-state index contributed by atoms with van der Waals surface area (Å²) in [6.07, 6.45) is 2.08. The van der Waals surface area contributed by atoms with Gasteiger partial charge in [-0.15, -0.1) is 0 Å². The van der Waals surface area contributed by atoms with E-state index < -0.39 is 0 Å². The Morgan fingerprint density at radius 3 is 2.72 bits per heavy atom. The summed E-state index contributed by atoms with van der Waals surface area (Å²) in [6, 6.07) is 10.5. The lowest BCUT2D eigenvalue weighted by Crippen LogP contribution is -2.15. The predicted octanol–water partition coefficient (Wildman–Crippen LogP) is 3.52. The van der Waals surface area contributed by atoms with Gasteiger partial charge in [-0.2, -0.15) is 0 Å². The fourth-order valence-electron chi connectivity index (χ4n) is 4.47. The second-order valence-corrected chi connectivity index (χ2v) is 8.57. The first-order valence-corrected chi connectivity index (χ1v) is 10.6. The Morgan fingerprint density at radius 1 is 1.10 bits per heavy atom. The molecule has 4 aromatic rings. The lowest BCUT2D eigenvalue weighted by atomic mass is 9.98. The molecule has 0 atom stereocenters. The zero-order valence-electron chi connectivity index (χ0n) is 15.9.